The number of nitriles is 1. The van der Waals surface area contributed by atoms with Gasteiger partial charge in [0, 0.05) is 26.2 Å². The maximum Gasteiger partial charge on any atom is 0.302 e. The number of carbonyl (C=O) groups is 2. The molecule has 0 aliphatic heterocycles. The van der Waals surface area contributed by atoms with Crippen LogP contribution >= 0.6 is 0 Å². The summed E-state index contributed by atoms with van der Waals surface area (Å²) in [6.07, 6.45) is 9.19. The number of nitrogens with zero attached hydrogens (tertiary/aromatic N) is 1. The minimum atomic E-state index is -0.191. The molecule has 5 heteroatoms. The molecule has 0 spiro atoms. The van der Waals surface area contributed by atoms with Crippen LogP contribution in [0, 0.1) is 63.6 Å². The smallest absolute Gasteiger partial charge is 0.302 e. The lowest BCUT2D eigenvalue weighted by molar-refractivity contribution is -0.219. The first-order chi connectivity index (χ1) is 16.1. The average molecular weight is 472 g/mol. The van der Waals surface area contributed by atoms with Gasteiger partial charge >= 0.3 is 11.9 Å². The van der Waals surface area contributed by atoms with E-state index in [1.807, 2.05) is 0 Å². The van der Waals surface area contributed by atoms with Crippen molar-refractivity contribution in [3.63, 3.8) is 0 Å². The maximum atomic E-state index is 12.4. The zero-order valence-corrected chi connectivity index (χ0v) is 22.1. The Morgan fingerprint density at radius 3 is 2.24 bits per heavy atom. The van der Waals surface area contributed by atoms with Gasteiger partial charge in [-0.05, 0) is 97.7 Å². The maximum absolute atomic E-state index is 12.4. The Balaban J connectivity index is 1.71. The molecule has 0 amide bonds. The van der Waals surface area contributed by atoms with Crippen molar-refractivity contribution >= 4 is 11.9 Å². The van der Waals surface area contributed by atoms with Crippen LogP contribution in [0.25, 0.3) is 0 Å². The van der Waals surface area contributed by atoms with Crippen molar-refractivity contribution in [2.45, 2.75) is 112 Å². The van der Waals surface area contributed by atoms with Crippen molar-refractivity contribution in [1.82, 2.24) is 0 Å². The van der Waals surface area contributed by atoms with E-state index in [4.69, 9.17) is 9.47 Å². The van der Waals surface area contributed by atoms with Crippen molar-refractivity contribution in [2.75, 3.05) is 0 Å². The predicted octanol–water partition coefficient (Wildman–Crippen LogP) is 6.30. The van der Waals surface area contributed by atoms with E-state index in [-0.39, 0.29) is 35.0 Å². The molecule has 4 aliphatic carbocycles. The van der Waals surface area contributed by atoms with Crippen molar-refractivity contribution in [1.29, 1.82) is 5.26 Å². The number of ether oxygens (including phenoxy) is 2. The lowest BCUT2D eigenvalue weighted by Gasteiger charge is -2.65. The van der Waals surface area contributed by atoms with Crippen molar-refractivity contribution < 1.29 is 19.1 Å². The SMILES string of the molecule is CC[C@@H]1C2C[C@H](OC(C)=O)CCC2(C)[C@H]2CCC3(C)[C@@H]([C@H](C)CC#N)CC[C@H]3C2[C@@H]1OC(C)=O. The summed E-state index contributed by atoms with van der Waals surface area (Å²) in [6, 6.07) is 2.42. The molecule has 11 atom stereocenters. The Hall–Kier alpha value is -1.57. The summed E-state index contributed by atoms with van der Waals surface area (Å²) >= 11 is 0. The van der Waals surface area contributed by atoms with E-state index >= 15 is 0 Å². The average Bonchev–Trinajstić information content (AvgIpc) is 3.11. The molecule has 5 nitrogen and oxygen atoms in total. The second-order valence-corrected chi connectivity index (χ2v) is 12.6. The number of esters is 2. The Morgan fingerprint density at radius 1 is 0.971 bits per heavy atom. The van der Waals surface area contributed by atoms with Crippen LogP contribution in [-0.2, 0) is 19.1 Å². The van der Waals surface area contributed by atoms with E-state index in [0.29, 0.717) is 47.8 Å². The van der Waals surface area contributed by atoms with E-state index < -0.39 is 0 Å². The Labute approximate surface area is 206 Å². The van der Waals surface area contributed by atoms with Crippen LogP contribution in [0.1, 0.15) is 99.3 Å². The van der Waals surface area contributed by atoms with Crippen LogP contribution in [0.15, 0.2) is 0 Å². The Bertz CT molecular complexity index is 834. The van der Waals surface area contributed by atoms with Crippen LogP contribution in [0.2, 0.25) is 0 Å². The first-order valence-corrected chi connectivity index (χ1v) is 13.8. The third kappa shape index (κ3) is 4.07. The van der Waals surface area contributed by atoms with Crippen LogP contribution in [-0.4, -0.2) is 24.1 Å². The molecule has 0 bridgehead atoms. The number of rotatable bonds is 5. The van der Waals surface area contributed by atoms with Gasteiger partial charge < -0.3 is 9.47 Å². The van der Waals surface area contributed by atoms with Crippen molar-refractivity contribution in [3.8, 4) is 6.07 Å². The van der Waals surface area contributed by atoms with Crippen molar-refractivity contribution in [2.24, 2.45) is 52.3 Å². The van der Waals surface area contributed by atoms with Gasteiger partial charge in [0.1, 0.15) is 12.2 Å². The van der Waals surface area contributed by atoms with Crippen LogP contribution in [0.4, 0.5) is 0 Å². The highest BCUT2D eigenvalue weighted by Crippen LogP contribution is 2.70. The fourth-order valence-electron chi connectivity index (χ4n) is 9.87. The van der Waals surface area contributed by atoms with E-state index in [2.05, 4.69) is 33.8 Å². The summed E-state index contributed by atoms with van der Waals surface area (Å²) in [5, 5.41) is 9.37. The molecule has 0 radical (unpaired) electrons. The summed E-state index contributed by atoms with van der Waals surface area (Å²) < 4.78 is 12.0. The number of fused-ring (bicyclic) bond motifs is 5. The summed E-state index contributed by atoms with van der Waals surface area (Å²) in [5.74, 6) is 2.79. The zero-order chi connectivity index (χ0) is 24.8. The van der Waals surface area contributed by atoms with Crippen LogP contribution in [0.3, 0.4) is 0 Å². The summed E-state index contributed by atoms with van der Waals surface area (Å²) in [4.78, 5) is 24.1. The van der Waals surface area contributed by atoms with Gasteiger partial charge in [0.15, 0.2) is 0 Å². The standard InChI is InChI=1S/C29H45NO4/c1-7-21-25-16-20(33-18(3)31)10-13-29(25,6)24-11-14-28(5)22(17(2)12-15-30)8-9-23(28)26(24)27(21)34-19(4)32/h17,20-27H,7-14,16H2,1-6H3/t17-,20-,21-,22-,23+,24+,25?,26?,27-,28?,29?/m1/s1. The largest absolute Gasteiger partial charge is 0.463 e. The molecule has 0 aromatic carbocycles. The van der Waals surface area contributed by atoms with Gasteiger partial charge in [-0.1, -0.05) is 27.7 Å². The first-order valence-electron chi connectivity index (χ1n) is 13.8. The summed E-state index contributed by atoms with van der Waals surface area (Å²) in [6.45, 7) is 12.6. The highest BCUT2D eigenvalue weighted by atomic mass is 16.5. The second kappa shape index (κ2) is 9.47. The summed E-state index contributed by atoms with van der Waals surface area (Å²) in [7, 11) is 0. The molecule has 4 saturated carbocycles. The molecule has 4 fully saturated rings. The molecule has 4 unspecified atom stereocenters. The normalized spacial score (nSPS) is 46.3. The third-order valence-corrected chi connectivity index (χ3v) is 11.1. The molecule has 4 aliphatic rings. The fourth-order valence-corrected chi connectivity index (χ4v) is 9.87. The lowest BCUT2D eigenvalue weighted by Crippen LogP contribution is -2.63. The minimum absolute atomic E-state index is 0.0179. The van der Waals surface area contributed by atoms with Gasteiger partial charge in [0.2, 0.25) is 0 Å². The number of hydrogen-bond donors (Lipinski definition) is 0. The number of hydrogen-bond acceptors (Lipinski definition) is 5. The molecule has 0 heterocycles. The van der Waals surface area contributed by atoms with Gasteiger partial charge in [-0.3, -0.25) is 9.59 Å². The topological polar surface area (TPSA) is 76.4 Å². The third-order valence-electron chi connectivity index (χ3n) is 11.1. The Morgan fingerprint density at radius 2 is 1.62 bits per heavy atom. The van der Waals surface area contributed by atoms with Gasteiger partial charge in [0.25, 0.3) is 0 Å². The minimum Gasteiger partial charge on any atom is -0.463 e. The molecule has 0 saturated heterocycles. The Kier molecular flexibility index (Phi) is 7.11. The van der Waals surface area contributed by atoms with E-state index in [0.717, 1.165) is 25.7 Å². The lowest BCUT2D eigenvalue weighted by atomic mass is 9.41. The fraction of sp³-hybridized carbons (Fsp3) is 0.897. The van der Waals surface area contributed by atoms with E-state index in [1.54, 1.807) is 6.92 Å². The van der Waals surface area contributed by atoms with Gasteiger partial charge in [-0.2, -0.15) is 5.26 Å². The van der Waals surface area contributed by atoms with E-state index in [9.17, 15) is 14.9 Å². The highest BCUT2D eigenvalue weighted by molar-refractivity contribution is 5.66. The predicted molar refractivity (Wildman–Crippen MR) is 130 cm³/mol. The van der Waals surface area contributed by atoms with Gasteiger partial charge in [-0.25, -0.2) is 0 Å². The molecule has 0 N–H and O–H groups in total. The quantitative estimate of drug-likeness (QED) is 0.440. The molecule has 190 valence electrons. The van der Waals surface area contributed by atoms with Crippen LogP contribution < -0.4 is 0 Å². The monoisotopic (exact) mass is 471 g/mol. The van der Waals surface area contributed by atoms with Gasteiger partial charge in [-0.15, -0.1) is 0 Å². The molecule has 0 aromatic heterocycles. The van der Waals surface area contributed by atoms with Crippen molar-refractivity contribution in [3.05, 3.63) is 0 Å². The molecule has 34 heavy (non-hydrogen) atoms. The zero-order valence-electron chi connectivity index (χ0n) is 22.1. The molecular formula is C29H45NO4. The highest BCUT2D eigenvalue weighted by Gasteiger charge is 2.66. The molecule has 4 rings (SSSR count). The van der Waals surface area contributed by atoms with Crippen LogP contribution in [0.5, 0.6) is 0 Å². The molecule has 0 aromatic rings. The summed E-state index contributed by atoms with van der Waals surface area (Å²) in [5.41, 5.74) is 0.405. The van der Waals surface area contributed by atoms with E-state index in [1.165, 1.54) is 32.6 Å². The second-order valence-electron chi connectivity index (χ2n) is 12.6. The first kappa shape index (κ1) is 25.5. The molecular weight excluding hydrogens is 426 g/mol. The number of carbonyl (C=O) groups excluding carboxylic acids is 2. The van der Waals surface area contributed by atoms with Gasteiger partial charge in [0.05, 0.1) is 6.07 Å².